The van der Waals surface area contributed by atoms with Crippen molar-refractivity contribution in [1.29, 1.82) is 0 Å². The maximum absolute atomic E-state index is 6.15. The molecule has 3 rings (SSSR count). The quantitative estimate of drug-likeness (QED) is 0.638. The summed E-state index contributed by atoms with van der Waals surface area (Å²) in [6, 6.07) is 19.0. The van der Waals surface area contributed by atoms with Crippen LogP contribution in [-0.4, -0.2) is 6.10 Å². The van der Waals surface area contributed by atoms with Gasteiger partial charge in [0, 0.05) is 23.5 Å². The van der Waals surface area contributed by atoms with Crippen LogP contribution in [0.15, 0.2) is 78.1 Å². The third-order valence-corrected chi connectivity index (χ3v) is 5.46. The van der Waals surface area contributed by atoms with Crippen molar-refractivity contribution in [2.75, 3.05) is 5.32 Å². The molecule has 4 heteroatoms. The molecule has 2 aromatic rings. The van der Waals surface area contributed by atoms with Gasteiger partial charge in [-0.25, -0.2) is 0 Å². The van der Waals surface area contributed by atoms with Crippen LogP contribution in [-0.2, 0) is 10.3 Å². The van der Waals surface area contributed by atoms with Gasteiger partial charge in [0.05, 0.1) is 17.7 Å². The zero-order valence-corrected chi connectivity index (χ0v) is 17.0. The topological polar surface area (TPSA) is 73.3 Å². The second-order valence-electron chi connectivity index (χ2n) is 7.71. The maximum atomic E-state index is 6.15. The lowest BCUT2D eigenvalue weighted by atomic mass is 9.89. The molecule has 2 aromatic carbocycles. The first-order valence-electron chi connectivity index (χ1n) is 9.92. The molecule has 3 atom stereocenters. The van der Waals surface area contributed by atoms with Crippen molar-refractivity contribution in [3.63, 3.8) is 0 Å². The van der Waals surface area contributed by atoms with Crippen LogP contribution in [0.3, 0.4) is 0 Å². The van der Waals surface area contributed by atoms with Gasteiger partial charge in [0.1, 0.15) is 0 Å². The molecule has 4 nitrogen and oxygen atoms in total. The zero-order chi connectivity index (χ0) is 20.1. The molecule has 0 saturated heterocycles. The van der Waals surface area contributed by atoms with Crippen molar-refractivity contribution in [3.8, 4) is 0 Å². The number of anilines is 1. The van der Waals surface area contributed by atoms with E-state index in [1.165, 1.54) is 5.56 Å². The van der Waals surface area contributed by atoms with E-state index in [0.29, 0.717) is 12.1 Å². The lowest BCUT2D eigenvalue weighted by Gasteiger charge is -2.32. The van der Waals surface area contributed by atoms with Crippen LogP contribution in [0.1, 0.15) is 50.8 Å². The predicted molar refractivity (Wildman–Crippen MR) is 117 cm³/mol. The molecule has 3 unspecified atom stereocenters. The normalized spacial score (nSPS) is 19.9. The lowest BCUT2D eigenvalue weighted by molar-refractivity contribution is 0.0225. The lowest BCUT2D eigenvalue weighted by Crippen LogP contribution is -2.30. The molecule has 1 aliphatic carbocycles. The minimum Gasteiger partial charge on any atom is -0.402 e. The standard InChI is InChI=1S/C24H31N3O/c1-4-24(3,19-8-6-5-7-9-19)27-22-12-10-18(11-13-22)17(2)28-23-15-20(25)14-21(26)16-23/h5-15,17,23,27H,4,16,25-26H2,1-3H3. The largest absolute Gasteiger partial charge is 0.402 e. The van der Waals surface area contributed by atoms with Crippen LogP contribution < -0.4 is 16.8 Å². The molecule has 0 saturated carbocycles. The Hall–Kier alpha value is -2.72. The van der Waals surface area contributed by atoms with Crippen LogP contribution in [0.25, 0.3) is 0 Å². The summed E-state index contributed by atoms with van der Waals surface area (Å²) in [6.45, 7) is 6.49. The number of hydrogen-bond acceptors (Lipinski definition) is 4. The van der Waals surface area contributed by atoms with E-state index < -0.39 is 0 Å². The summed E-state index contributed by atoms with van der Waals surface area (Å²) in [5.74, 6) is 0. The molecule has 0 spiro atoms. The van der Waals surface area contributed by atoms with Gasteiger partial charge in [-0.2, -0.15) is 0 Å². The second kappa shape index (κ2) is 8.53. The first kappa shape index (κ1) is 20.0. The highest BCUT2D eigenvalue weighted by atomic mass is 16.5. The van der Waals surface area contributed by atoms with Crippen LogP contribution in [0.2, 0.25) is 0 Å². The van der Waals surface area contributed by atoms with Crippen molar-refractivity contribution < 1.29 is 4.74 Å². The van der Waals surface area contributed by atoms with E-state index in [4.69, 9.17) is 16.2 Å². The van der Waals surface area contributed by atoms with Gasteiger partial charge in [0.2, 0.25) is 0 Å². The van der Waals surface area contributed by atoms with Crippen molar-refractivity contribution in [1.82, 2.24) is 0 Å². The van der Waals surface area contributed by atoms with Gasteiger partial charge in [-0.3, -0.25) is 0 Å². The minimum absolute atomic E-state index is 0.0410. The van der Waals surface area contributed by atoms with E-state index in [9.17, 15) is 0 Å². The number of nitrogens with two attached hydrogens (primary N) is 2. The number of rotatable bonds is 7. The Morgan fingerprint density at radius 2 is 1.79 bits per heavy atom. The maximum Gasteiger partial charge on any atom is 0.0841 e. The number of allylic oxidation sites excluding steroid dienone is 1. The van der Waals surface area contributed by atoms with E-state index in [1.807, 2.05) is 12.1 Å². The van der Waals surface area contributed by atoms with Gasteiger partial charge in [-0.1, -0.05) is 49.4 Å². The highest BCUT2D eigenvalue weighted by Crippen LogP contribution is 2.30. The Kier molecular flexibility index (Phi) is 6.10. The van der Waals surface area contributed by atoms with Crippen LogP contribution >= 0.6 is 0 Å². The number of hydrogen-bond donors (Lipinski definition) is 3. The Morgan fingerprint density at radius 3 is 2.39 bits per heavy atom. The van der Waals surface area contributed by atoms with Crippen molar-refractivity contribution >= 4 is 5.69 Å². The number of nitrogens with one attached hydrogen (secondary N) is 1. The minimum atomic E-state index is -0.112. The summed E-state index contributed by atoms with van der Waals surface area (Å²) in [5.41, 5.74) is 16.6. The highest BCUT2D eigenvalue weighted by Gasteiger charge is 2.24. The van der Waals surface area contributed by atoms with Gasteiger partial charge >= 0.3 is 0 Å². The van der Waals surface area contributed by atoms with Crippen molar-refractivity contribution in [2.45, 2.75) is 51.4 Å². The fraction of sp³-hybridized carbons (Fsp3) is 0.333. The smallest absolute Gasteiger partial charge is 0.0841 e. The molecule has 0 amide bonds. The average Bonchev–Trinajstić information content (AvgIpc) is 2.68. The average molecular weight is 378 g/mol. The van der Waals surface area contributed by atoms with E-state index in [2.05, 4.69) is 74.6 Å². The van der Waals surface area contributed by atoms with E-state index in [0.717, 1.165) is 23.4 Å². The zero-order valence-electron chi connectivity index (χ0n) is 17.0. The summed E-state index contributed by atoms with van der Waals surface area (Å²) >= 11 is 0. The number of ether oxygens (including phenoxy) is 1. The van der Waals surface area contributed by atoms with Gasteiger partial charge in [0.15, 0.2) is 0 Å². The molecule has 0 aliphatic heterocycles. The summed E-state index contributed by atoms with van der Waals surface area (Å²) in [4.78, 5) is 0. The summed E-state index contributed by atoms with van der Waals surface area (Å²) < 4.78 is 6.15. The van der Waals surface area contributed by atoms with Crippen molar-refractivity contribution in [3.05, 3.63) is 89.3 Å². The molecule has 0 heterocycles. The van der Waals surface area contributed by atoms with Gasteiger partial charge in [-0.15, -0.1) is 0 Å². The molecule has 5 N–H and O–H groups in total. The van der Waals surface area contributed by atoms with Gasteiger partial charge in [0.25, 0.3) is 0 Å². The second-order valence-corrected chi connectivity index (χ2v) is 7.71. The summed E-state index contributed by atoms with van der Waals surface area (Å²) in [6.07, 6.45) is 5.26. The van der Waals surface area contributed by atoms with E-state index in [-0.39, 0.29) is 17.7 Å². The molecule has 0 bridgehead atoms. The Labute approximate surface area is 168 Å². The Morgan fingerprint density at radius 1 is 1.11 bits per heavy atom. The predicted octanol–water partition coefficient (Wildman–Crippen LogP) is 4.96. The van der Waals surface area contributed by atoms with Crippen molar-refractivity contribution in [2.24, 2.45) is 11.5 Å². The fourth-order valence-electron chi connectivity index (χ4n) is 3.58. The van der Waals surface area contributed by atoms with E-state index >= 15 is 0 Å². The van der Waals surface area contributed by atoms with Gasteiger partial charge in [-0.05, 0) is 55.7 Å². The molecule has 0 radical (unpaired) electrons. The molecular weight excluding hydrogens is 346 g/mol. The summed E-state index contributed by atoms with van der Waals surface area (Å²) in [5, 5.41) is 3.69. The fourth-order valence-corrected chi connectivity index (χ4v) is 3.58. The SMILES string of the molecule is CCC(C)(Nc1ccc(C(C)OC2C=C(N)C=C(N)C2)cc1)c1ccccc1. The third-order valence-electron chi connectivity index (χ3n) is 5.46. The molecule has 148 valence electrons. The highest BCUT2D eigenvalue weighted by molar-refractivity contribution is 5.49. The van der Waals surface area contributed by atoms with E-state index in [1.54, 1.807) is 6.08 Å². The molecule has 28 heavy (non-hydrogen) atoms. The first-order chi connectivity index (χ1) is 13.4. The van der Waals surface area contributed by atoms with Crippen LogP contribution in [0.4, 0.5) is 5.69 Å². The van der Waals surface area contributed by atoms with Crippen LogP contribution in [0.5, 0.6) is 0 Å². The molecule has 0 aromatic heterocycles. The molecule has 1 aliphatic rings. The number of benzene rings is 2. The molecular formula is C24H31N3O. The molecule has 0 fully saturated rings. The monoisotopic (exact) mass is 377 g/mol. The Bertz CT molecular complexity index is 842. The Balaban J connectivity index is 1.67. The summed E-state index contributed by atoms with van der Waals surface area (Å²) in [7, 11) is 0. The van der Waals surface area contributed by atoms with Gasteiger partial charge < -0.3 is 21.5 Å². The third kappa shape index (κ3) is 4.76. The van der Waals surface area contributed by atoms with Crippen LogP contribution in [0, 0.1) is 0 Å². The first-order valence-corrected chi connectivity index (χ1v) is 9.92.